The number of aromatic nitrogens is 1. The van der Waals surface area contributed by atoms with Gasteiger partial charge in [-0.25, -0.2) is 4.98 Å². The van der Waals surface area contributed by atoms with E-state index in [9.17, 15) is 0 Å². The van der Waals surface area contributed by atoms with E-state index in [2.05, 4.69) is 25.9 Å². The third kappa shape index (κ3) is 3.64. The number of oxazole rings is 1. The van der Waals surface area contributed by atoms with Crippen LogP contribution < -0.4 is 4.74 Å². The molecule has 0 fully saturated rings. The highest BCUT2D eigenvalue weighted by atomic mass is 79.9. The number of halogens is 1. The average molecular weight is 421 g/mol. The predicted octanol–water partition coefficient (Wildman–Crippen LogP) is 6.32. The van der Waals surface area contributed by atoms with Crippen molar-refractivity contribution in [3.05, 3.63) is 76.3 Å². The van der Waals surface area contributed by atoms with Crippen molar-refractivity contribution in [2.24, 2.45) is 4.99 Å². The smallest absolute Gasteiger partial charge is 0.227 e. The number of hydrogen-bond acceptors (Lipinski definition) is 4. The Bertz CT molecular complexity index is 1130. The molecule has 0 N–H and O–H groups in total. The van der Waals surface area contributed by atoms with Crippen LogP contribution in [0.2, 0.25) is 0 Å². The molecular weight excluding hydrogens is 404 g/mol. The molecule has 4 aromatic rings. The molecule has 3 aromatic carbocycles. The Kier molecular flexibility index (Phi) is 4.77. The Morgan fingerprint density at radius 1 is 1.07 bits per heavy atom. The van der Waals surface area contributed by atoms with E-state index in [0.29, 0.717) is 5.89 Å². The van der Waals surface area contributed by atoms with Crippen LogP contribution in [0, 0.1) is 6.92 Å². The zero-order valence-electron chi connectivity index (χ0n) is 14.9. The summed E-state index contributed by atoms with van der Waals surface area (Å²) in [6, 6.07) is 19.6. The second-order valence-electron chi connectivity index (χ2n) is 6.14. The Hall–Kier alpha value is -2.92. The van der Waals surface area contributed by atoms with Crippen molar-refractivity contribution in [2.75, 3.05) is 7.11 Å². The fourth-order valence-corrected chi connectivity index (χ4v) is 3.37. The van der Waals surface area contributed by atoms with Crippen LogP contribution in [0.3, 0.4) is 0 Å². The molecule has 4 rings (SSSR count). The van der Waals surface area contributed by atoms with Gasteiger partial charge in [0, 0.05) is 11.8 Å². The van der Waals surface area contributed by atoms with Crippen LogP contribution in [0.4, 0.5) is 5.69 Å². The topological polar surface area (TPSA) is 47.6 Å². The molecule has 27 heavy (non-hydrogen) atoms. The highest BCUT2D eigenvalue weighted by molar-refractivity contribution is 9.10. The van der Waals surface area contributed by atoms with Crippen molar-refractivity contribution in [2.45, 2.75) is 6.92 Å². The third-order valence-corrected chi connectivity index (χ3v) is 4.89. The summed E-state index contributed by atoms with van der Waals surface area (Å²) in [7, 11) is 1.65. The Labute approximate surface area is 165 Å². The molecule has 0 unspecified atom stereocenters. The number of fused-ring (bicyclic) bond motifs is 1. The van der Waals surface area contributed by atoms with Crippen LogP contribution in [-0.4, -0.2) is 18.3 Å². The molecule has 0 radical (unpaired) electrons. The summed E-state index contributed by atoms with van der Waals surface area (Å²) in [4.78, 5) is 9.14. The van der Waals surface area contributed by atoms with Gasteiger partial charge in [0.15, 0.2) is 5.58 Å². The van der Waals surface area contributed by atoms with E-state index in [-0.39, 0.29) is 0 Å². The summed E-state index contributed by atoms with van der Waals surface area (Å²) in [6.07, 6.45) is 1.82. The minimum Gasteiger partial charge on any atom is -0.496 e. The molecule has 1 aromatic heterocycles. The summed E-state index contributed by atoms with van der Waals surface area (Å²) in [5.41, 5.74) is 5.59. The van der Waals surface area contributed by atoms with Crippen molar-refractivity contribution in [1.82, 2.24) is 4.98 Å². The zero-order valence-corrected chi connectivity index (χ0v) is 16.5. The molecular formula is C22H17BrN2O2. The van der Waals surface area contributed by atoms with E-state index < -0.39 is 0 Å². The molecule has 1 heterocycles. The van der Waals surface area contributed by atoms with Crippen LogP contribution in [0.15, 0.2) is 74.5 Å². The van der Waals surface area contributed by atoms with E-state index >= 15 is 0 Å². The molecule has 5 heteroatoms. The van der Waals surface area contributed by atoms with E-state index in [1.807, 2.05) is 73.8 Å². The van der Waals surface area contributed by atoms with Crippen LogP contribution >= 0.6 is 15.9 Å². The normalized spacial score (nSPS) is 11.4. The fraction of sp³-hybridized carbons (Fsp3) is 0.0909. The first-order chi connectivity index (χ1) is 13.1. The second kappa shape index (κ2) is 7.37. The van der Waals surface area contributed by atoms with Gasteiger partial charge >= 0.3 is 0 Å². The molecule has 4 nitrogen and oxygen atoms in total. The van der Waals surface area contributed by atoms with Gasteiger partial charge in [-0.15, -0.1) is 0 Å². The van der Waals surface area contributed by atoms with E-state index in [0.717, 1.165) is 43.7 Å². The van der Waals surface area contributed by atoms with E-state index in [1.54, 1.807) is 7.11 Å². The number of hydrogen-bond donors (Lipinski definition) is 0. The highest BCUT2D eigenvalue weighted by Gasteiger charge is 2.09. The van der Waals surface area contributed by atoms with Crippen molar-refractivity contribution in [3.8, 4) is 17.2 Å². The van der Waals surface area contributed by atoms with Crippen molar-refractivity contribution >= 4 is 38.9 Å². The van der Waals surface area contributed by atoms with Gasteiger partial charge in [0.2, 0.25) is 5.89 Å². The summed E-state index contributed by atoms with van der Waals surface area (Å²) in [5, 5.41) is 0. The molecule has 0 atom stereocenters. The lowest BCUT2D eigenvalue weighted by molar-refractivity contribution is 0.412. The summed E-state index contributed by atoms with van der Waals surface area (Å²) < 4.78 is 12.0. The highest BCUT2D eigenvalue weighted by Crippen LogP contribution is 2.28. The number of methoxy groups -OCH3 is 1. The minimum atomic E-state index is 0.619. The zero-order chi connectivity index (χ0) is 18.8. The van der Waals surface area contributed by atoms with Gasteiger partial charge in [0.1, 0.15) is 11.3 Å². The van der Waals surface area contributed by atoms with Crippen LogP contribution in [0.1, 0.15) is 11.1 Å². The number of ether oxygens (including phenoxy) is 1. The van der Waals surface area contributed by atoms with Gasteiger partial charge < -0.3 is 9.15 Å². The molecule has 0 saturated carbocycles. The largest absolute Gasteiger partial charge is 0.496 e. The lowest BCUT2D eigenvalue weighted by atomic mass is 10.2. The third-order valence-electron chi connectivity index (χ3n) is 4.27. The SMILES string of the molecule is COc1ccc(C=Nc2ccc(-c3nc4c(C)cccc4o3)cc2)cc1Br. The van der Waals surface area contributed by atoms with Crippen molar-refractivity contribution < 1.29 is 9.15 Å². The fourth-order valence-electron chi connectivity index (χ4n) is 2.81. The summed E-state index contributed by atoms with van der Waals surface area (Å²) in [6.45, 7) is 2.03. The lowest BCUT2D eigenvalue weighted by Crippen LogP contribution is -1.86. The molecule has 0 aliphatic carbocycles. The minimum absolute atomic E-state index is 0.619. The number of para-hydroxylation sites is 1. The summed E-state index contributed by atoms with van der Waals surface area (Å²) >= 11 is 3.48. The van der Waals surface area contributed by atoms with Gasteiger partial charge in [-0.2, -0.15) is 0 Å². The molecule has 134 valence electrons. The van der Waals surface area contributed by atoms with Crippen LogP contribution in [0.25, 0.3) is 22.6 Å². The van der Waals surface area contributed by atoms with Crippen LogP contribution in [-0.2, 0) is 0 Å². The maximum Gasteiger partial charge on any atom is 0.227 e. The Balaban J connectivity index is 1.56. The van der Waals surface area contributed by atoms with Gasteiger partial charge in [0.25, 0.3) is 0 Å². The molecule has 0 amide bonds. The first-order valence-corrected chi connectivity index (χ1v) is 9.27. The number of aliphatic imine (C=N–C) groups is 1. The molecule has 0 spiro atoms. The number of nitrogens with zero attached hydrogens (tertiary/aromatic N) is 2. The van der Waals surface area contributed by atoms with Gasteiger partial charge in [-0.1, -0.05) is 12.1 Å². The van der Waals surface area contributed by atoms with Crippen LogP contribution in [0.5, 0.6) is 5.75 Å². The first kappa shape index (κ1) is 17.5. The quantitative estimate of drug-likeness (QED) is 0.362. The molecule has 0 aliphatic rings. The van der Waals surface area contributed by atoms with Crippen molar-refractivity contribution in [3.63, 3.8) is 0 Å². The maximum absolute atomic E-state index is 5.87. The summed E-state index contributed by atoms with van der Waals surface area (Å²) in [5.74, 6) is 1.42. The first-order valence-electron chi connectivity index (χ1n) is 8.48. The predicted molar refractivity (Wildman–Crippen MR) is 112 cm³/mol. The van der Waals surface area contributed by atoms with E-state index in [1.165, 1.54) is 0 Å². The Morgan fingerprint density at radius 3 is 2.59 bits per heavy atom. The van der Waals surface area contributed by atoms with Gasteiger partial charge in [-0.3, -0.25) is 4.99 Å². The van der Waals surface area contributed by atoms with Gasteiger partial charge in [0.05, 0.1) is 17.3 Å². The number of rotatable bonds is 4. The molecule has 0 bridgehead atoms. The molecule has 0 saturated heterocycles. The number of aryl methyl sites for hydroxylation is 1. The van der Waals surface area contributed by atoms with Crippen molar-refractivity contribution in [1.29, 1.82) is 0 Å². The standard InChI is InChI=1S/C22H17BrN2O2/c1-14-4-3-5-20-21(14)25-22(27-20)16-7-9-17(10-8-16)24-13-15-6-11-19(26-2)18(23)12-15/h3-13H,1-2H3. The lowest BCUT2D eigenvalue weighted by Gasteiger charge is -2.03. The average Bonchev–Trinajstić information content (AvgIpc) is 3.13. The Morgan fingerprint density at radius 2 is 1.89 bits per heavy atom. The second-order valence-corrected chi connectivity index (χ2v) is 6.99. The van der Waals surface area contributed by atoms with Gasteiger partial charge in [-0.05, 0) is 82.5 Å². The maximum atomic E-state index is 5.87. The van der Waals surface area contributed by atoms with E-state index in [4.69, 9.17) is 9.15 Å². The number of benzene rings is 3. The monoisotopic (exact) mass is 420 g/mol. The molecule has 0 aliphatic heterocycles.